The number of amides is 1. The standard InChI is InChI=1S/C13H13F3N4O3/c14-13(15,16)23-11-3-1-2-9(4-11)5-20-6-10(18-19-20)7-22-8-12(17)21/h1-4,6H,5,7-8H2,(H2,17,21). The fraction of sp³-hybridized carbons (Fsp3) is 0.308. The van der Waals surface area contributed by atoms with Crippen LogP contribution in [0.4, 0.5) is 13.2 Å². The second-order valence-electron chi connectivity index (χ2n) is 4.56. The Bertz CT molecular complexity index is 672. The lowest BCUT2D eigenvalue weighted by atomic mass is 10.2. The lowest BCUT2D eigenvalue weighted by Crippen LogP contribution is -2.17. The summed E-state index contributed by atoms with van der Waals surface area (Å²) in [4.78, 5) is 10.5. The minimum absolute atomic E-state index is 0.0557. The molecular weight excluding hydrogens is 317 g/mol. The SMILES string of the molecule is NC(=O)COCc1cn(Cc2cccc(OC(F)(F)F)c2)nn1. The van der Waals surface area contributed by atoms with Gasteiger partial charge in [-0.15, -0.1) is 18.3 Å². The highest BCUT2D eigenvalue weighted by atomic mass is 19.4. The average Bonchev–Trinajstić information content (AvgIpc) is 2.84. The summed E-state index contributed by atoms with van der Waals surface area (Å²) in [5, 5.41) is 7.64. The molecule has 1 heterocycles. The number of hydrogen-bond donors (Lipinski definition) is 1. The molecule has 2 aromatic rings. The van der Waals surface area contributed by atoms with Crippen LogP contribution >= 0.6 is 0 Å². The Balaban J connectivity index is 1.95. The number of carbonyl (C=O) groups excluding carboxylic acids is 1. The van der Waals surface area contributed by atoms with Crippen molar-refractivity contribution in [2.45, 2.75) is 19.5 Å². The van der Waals surface area contributed by atoms with E-state index in [4.69, 9.17) is 10.5 Å². The zero-order valence-corrected chi connectivity index (χ0v) is 11.8. The average molecular weight is 330 g/mol. The van der Waals surface area contributed by atoms with E-state index in [1.807, 2.05) is 0 Å². The van der Waals surface area contributed by atoms with E-state index in [1.54, 1.807) is 12.3 Å². The van der Waals surface area contributed by atoms with Crippen LogP contribution in [0, 0.1) is 0 Å². The van der Waals surface area contributed by atoms with Crippen molar-refractivity contribution in [2.75, 3.05) is 6.61 Å². The second-order valence-corrected chi connectivity index (χ2v) is 4.56. The molecule has 0 radical (unpaired) electrons. The highest BCUT2D eigenvalue weighted by molar-refractivity contribution is 5.74. The molecule has 1 amide bonds. The maximum absolute atomic E-state index is 12.2. The van der Waals surface area contributed by atoms with Gasteiger partial charge in [-0.05, 0) is 17.7 Å². The molecule has 0 atom stereocenters. The molecule has 1 aromatic carbocycles. The Kier molecular flexibility index (Phi) is 5.16. The summed E-state index contributed by atoms with van der Waals surface area (Å²) in [6, 6.07) is 5.55. The predicted octanol–water partition coefficient (Wildman–Crippen LogP) is 1.23. The third-order valence-electron chi connectivity index (χ3n) is 2.56. The van der Waals surface area contributed by atoms with Crippen LogP contribution in [0.5, 0.6) is 5.75 Å². The number of hydrogen-bond acceptors (Lipinski definition) is 5. The maximum atomic E-state index is 12.2. The van der Waals surface area contributed by atoms with Crippen LogP contribution in [-0.2, 0) is 22.7 Å². The number of carbonyl (C=O) groups is 1. The van der Waals surface area contributed by atoms with E-state index >= 15 is 0 Å². The first-order chi connectivity index (χ1) is 10.8. The summed E-state index contributed by atoms with van der Waals surface area (Å²) in [5.74, 6) is -0.904. The number of aromatic nitrogens is 3. The topological polar surface area (TPSA) is 92.3 Å². The summed E-state index contributed by atoms with van der Waals surface area (Å²) in [7, 11) is 0. The van der Waals surface area contributed by atoms with Gasteiger partial charge in [0.05, 0.1) is 19.3 Å². The molecule has 0 fully saturated rings. The number of rotatable bonds is 7. The van der Waals surface area contributed by atoms with Crippen molar-refractivity contribution < 1.29 is 27.4 Å². The zero-order valence-electron chi connectivity index (χ0n) is 11.8. The molecule has 1 aromatic heterocycles. The summed E-state index contributed by atoms with van der Waals surface area (Å²) >= 11 is 0. The van der Waals surface area contributed by atoms with E-state index in [2.05, 4.69) is 15.0 Å². The molecule has 0 bridgehead atoms. The van der Waals surface area contributed by atoms with E-state index in [-0.39, 0.29) is 25.5 Å². The molecule has 0 aliphatic heterocycles. The van der Waals surface area contributed by atoms with Gasteiger partial charge in [0.2, 0.25) is 5.91 Å². The zero-order chi connectivity index (χ0) is 16.9. The molecule has 0 unspecified atom stereocenters. The van der Waals surface area contributed by atoms with Gasteiger partial charge in [0, 0.05) is 0 Å². The normalized spacial score (nSPS) is 11.4. The van der Waals surface area contributed by atoms with Crippen LogP contribution in [0.15, 0.2) is 30.5 Å². The minimum Gasteiger partial charge on any atom is -0.406 e. The highest BCUT2D eigenvalue weighted by Gasteiger charge is 2.31. The fourth-order valence-corrected chi connectivity index (χ4v) is 1.77. The van der Waals surface area contributed by atoms with Crippen molar-refractivity contribution in [3.63, 3.8) is 0 Å². The van der Waals surface area contributed by atoms with Gasteiger partial charge in [-0.3, -0.25) is 4.79 Å². The van der Waals surface area contributed by atoms with Crippen LogP contribution < -0.4 is 10.5 Å². The minimum atomic E-state index is -4.74. The summed E-state index contributed by atoms with van der Waals surface area (Å²) in [6.07, 6.45) is -3.19. The van der Waals surface area contributed by atoms with Gasteiger partial charge in [0.1, 0.15) is 18.1 Å². The third kappa shape index (κ3) is 5.94. The van der Waals surface area contributed by atoms with Gasteiger partial charge in [-0.1, -0.05) is 17.3 Å². The van der Waals surface area contributed by atoms with E-state index in [1.165, 1.54) is 22.9 Å². The lowest BCUT2D eigenvalue weighted by molar-refractivity contribution is -0.274. The van der Waals surface area contributed by atoms with Crippen molar-refractivity contribution in [1.29, 1.82) is 0 Å². The Hall–Kier alpha value is -2.62. The summed E-state index contributed by atoms with van der Waals surface area (Å²) in [5.41, 5.74) is 5.95. The summed E-state index contributed by atoms with van der Waals surface area (Å²) < 4.78 is 46.8. The molecule has 0 saturated carbocycles. The Morgan fingerprint density at radius 2 is 2.13 bits per heavy atom. The quantitative estimate of drug-likeness (QED) is 0.824. The molecule has 0 saturated heterocycles. The molecule has 23 heavy (non-hydrogen) atoms. The molecule has 0 aliphatic carbocycles. The highest BCUT2D eigenvalue weighted by Crippen LogP contribution is 2.23. The number of alkyl halides is 3. The van der Waals surface area contributed by atoms with Crippen molar-refractivity contribution in [2.24, 2.45) is 5.73 Å². The number of halogens is 3. The van der Waals surface area contributed by atoms with Crippen LogP contribution in [-0.4, -0.2) is 33.9 Å². The first kappa shape index (κ1) is 16.7. The second kappa shape index (κ2) is 7.09. The van der Waals surface area contributed by atoms with Gasteiger partial charge in [0.15, 0.2) is 0 Å². The smallest absolute Gasteiger partial charge is 0.406 e. The molecule has 0 aliphatic rings. The Morgan fingerprint density at radius 3 is 2.83 bits per heavy atom. The van der Waals surface area contributed by atoms with E-state index in [0.29, 0.717) is 11.3 Å². The van der Waals surface area contributed by atoms with Crippen LogP contribution in [0.3, 0.4) is 0 Å². The van der Waals surface area contributed by atoms with Crippen LogP contribution in [0.1, 0.15) is 11.3 Å². The molecular formula is C13H13F3N4O3. The number of primary amides is 1. The number of benzene rings is 1. The first-order valence-electron chi connectivity index (χ1n) is 6.41. The number of ether oxygens (including phenoxy) is 2. The van der Waals surface area contributed by atoms with E-state index < -0.39 is 12.3 Å². The van der Waals surface area contributed by atoms with Gasteiger partial charge in [-0.2, -0.15) is 0 Å². The van der Waals surface area contributed by atoms with Crippen molar-refractivity contribution in [3.05, 3.63) is 41.7 Å². The molecule has 2 rings (SSSR count). The number of nitrogens with zero attached hydrogens (tertiary/aromatic N) is 3. The van der Waals surface area contributed by atoms with Gasteiger partial charge in [0.25, 0.3) is 0 Å². The largest absolute Gasteiger partial charge is 0.573 e. The van der Waals surface area contributed by atoms with Crippen molar-refractivity contribution >= 4 is 5.91 Å². The molecule has 2 N–H and O–H groups in total. The van der Waals surface area contributed by atoms with Gasteiger partial charge >= 0.3 is 6.36 Å². The van der Waals surface area contributed by atoms with Crippen molar-refractivity contribution in [3.8, 4) is 5.75 Å². The molecule has 7 nitrogen and oxygen atoms in total. The molecule has 124 valence electrons. The Labute approximate surface area is 128 Å². The van der Waals surface area contributed by atoms with Gasteiger partial charge in [-0.25, -0.2) is 4.68 Å². The maximum Gasteiger partial charge on any atom is 0.573 e. The van der Waals surface area contributed by atoms with Crippen molar-refractivity contribution in [1.82, 2.24) is 15.0 Å². The van der Waals surface area contributed by atoms with Gasteiger partial charge < -0.3 is 15.2 Å². The predicted molar refractivity (Wildman–Crippen MR) is 71.1 cm³/mol. The van der Waals surface area contributed by atoms with E-state index in [0.717, 1.165) is 0 Å². The van der Waals surface area contributed by atoms with Crippen LogP contribution in [0.2, 0.25) is 0 Å². The fourth-order valence-electron chi connectivity index (χ4n) is 1.77. The lowest BCUT2D eigenvalue weighted by Gasteiger charge is -2.09. The molecule has 10 heteroatoms. The first-order valence-corrected chi connectivity index (χ1v) is 6.41. The summed E-state index contributed by atoms with van der Waals surface area (Å²) in [6.45, 7) is 0.0295. The van der Waals surface area contributed by atoms with Crippen LogP contribution in [0.25, 0.3) is 0 Å². The third-order valence-corrected chi connectivity index (χ3v) is 2.56. The van der Waals surface area contributed by atoms with E-state index in [9.17, 15) is 18.0 Å². The number of nitrogens with two attached hydrogens (primary N) is 1. The molecule has 0 spiro atoms. The Morgan fingerprint density at radius 1 is 1.35 bits per heavy atom. The monoisotopic (exact) mass is 330 g/mol.